The van der Waals surface area contributed by atoms with Gasteiger partial charge in [0.1, 0.15) is 6.04 Å². The average Bonchev–Trinajstić information content (AvgIpc) is 2.11. The van der Waals surface area contributed by atoms with Crippen molar-refractivity contribution < 1.29 is 9.28 Å². The van der Waals surface area contributed by atoms with Gasteiger partial charge in [-0.15, -0.1) is 0 Å². The minimum atomic E-state index is 0.205. The number of nitrogens with zero attached hydrogens (tertiary/aromatic N) is 1. The lowest BCUT2D eigenvalue weighted by molar-refractivity contribution is -0.906. The number of likely N-dealkylation sites (N-methyl/N-ethyl adjacent to an activating group) is 1. The van der Waals surface area contributed by atoms with E-state index >= 15 is 0 Å². The highest BCUT2D eigenvalue weighted by atomic mass is 16.1. The number of rotatable bonds is 8. The van der Waals surface area contributed by atoms with Crippen LogP contribution in [0.2, 0.25) is 0 Å². The smallest absolute Gasteiger partial charge is 0.186 e. The number of hydrogen-bond donors (Lipinski definition) is 0. The molecule has 90 valence electrons. The lowest BCUT2D eigenvalue weighted by Crippen LogP contribution is -2.52. The molecular formula is C13H28NO+. The standard InChI is InChI=1S/C13H28NO/c1-6-8-9-10-13(12(3)15)14(4,5)11-7-2/h13H,6-11H2,1-5H3/q+1. The number of quaternary nitrogens is 1. The van der Waals surface area contributed by atoms with E-state index in [2.05, 4.69) is 27.9 Å². The van der Waals surface area contributed by atoms with Crippen LogP contribution in [-0.4, -0.2) is 36.9 Å². The zero-order chi connectivity index (χ0) is 11.9. The summed E-state index contributed by atoms with van der Waals surface area (Å²) >= 11 is 0. The molecule has 0 aromatic heterocycles. The van der Waals surface area contributed by atoms with Gasteiger partial charge in [-0.05, 0) is 12.8 Å². The molecule has 0 bridgehead atoms. The van der Waals surface area contributed by atoms with Gasteiger partial charge in [0.05, 0.1) is 20.6 Å². The topological polar surface area (TPSA) is 17.1 Å². The van der Waals surface area contributed by atoms with Crippen molar-refractivity contribution >= 4 is 5.78 Å². The average molecular weight is 214 g/mol. The van der Waals surface area contributed by atoms with Crippen LogP contribution in [0.1, 0.15) is 52.9 Å². The Balaban J connectivity index is 4.30. The Morgan fingerprint density at radius 2 is 1.73 bits per heavy atom. The molecule has 0 aromatic carbocycles. The molecule has 0 amide bonds. The van der Waals surface area contributed by atoms with Crippen molar-refractivity contribution in [1.82, 2.24) is 0 Å². The minimum absolute atomic E-state index is 0.205. The largest absolute Gasteiger partial charge is 0.320 e. The van der Waals surface area contributed by atoms with Gasteiger partial charge in [0, 0.05) is 13.3 Å². The summed E-state index contributed by atoms with van der Waals surface area (Å²) in [5.74, 6) is 0.351. The van der Waals surface area contributed by atoms with Gasteiger partial charge in [0.2, 0.25) is 0 Å². The normalized spacial score (nSPS) is 13.9. The highest BCUT2D eigenvalue weighted by molar-refractivity contribution is 5.80. The fraction of sp³-hybridized carbons (Fsp3) is 0.923. The van der Waals surface area contributed by atoms with Gasteiger partial charge in [0.25, 0.3) is 0 Å². The van der Waals surface area contributed by atoms with Crippen LogP contribution in [-0.2, 0) is 4.79 Å². The number of ketones is 1. The molecule has 0 fully saturated rings. The molecule has 0 spiro atoms. The highest BCUT2D eigenvalue weighted by Gasteiger charge is 2.30. The molecule has 0 aliphatic heterocycles. The first kappa shape index (κ1) is 14.6. The van der Waals surface area contributed by atoms with Crippen molar-refractivity contribution in [3.8, 4) is 0 Å². The first-order valence-corrected chi connectivity index (χ1v) is 6.28. The second-order valence-electron chi connectivity index (χ2n) is 5.12. The third kappa shape index (κ3) is 5.31. The highest BCUT2D eigenvalue weighted by Crippen LogP contribution is 2.16. The molecule has 15 heavy (non-hydrogen) atoms. The van der Waals surface area contributed by atoms with Gasteiger partial charge >= 0.3 is 0 Å². The summed E-state index contributed by atoms with van der Waals surface area (Å²) in [6, 6.07) is 0.205. The third-order valence-electron chi connectivity index (χ3n) is 3.19. The number of unbranched alkanes of at least 4 members (excludes halogenated alkanes) is 2. The van der Waals surface area contributed by atoms with Crippen LogP contribution in [0.4, 0.5) is 0 Å². The monoisotopic (exact) mass is 214 g/mol. The van der Waals surface area contributed by atoms with Gasteiger partial charge in [-0.1, -0.05) is 26.7 Å². The van der Waals surface area contributed by atoms with Crippen LogP contribution in [0.5, 0.6) is 0 Å². The SMILES string of the molecule is CCCCCC(C(C)=O)[N+](C)(C)CCC. The molecule has 0 saturated heterocycles. The summed E-state index contributed by atoms with van der Waals surface area (Å²) < 4.78 is 0.857. The predicted molar refractivity (Wildman–Crippen MR) is 65.9 cm³/mol. The Kier molecular flexibility index (Phi) is 6.82. The molecular weight excluding hydrogens is 186 g/mol. The van der Waals surface area contributed by atoms with Gasteiger partial charge in [-0.25, -0.2) is 0 Å². The lowest BCUT2D eigenvalue weighted by Gasteiger charge is -2.36. The summed E-state index contributed by atoms with van der Waals surface area (Å²) in [5, 5.41) is 0. The summed E-state index contributed by atoms with van der Waals surface area (Å²) in [6.45, 7) is 7.22. The minimum Gasteiger partial charge on any atom is -0.320 e. The Bertz CT molecular complexity index is 187. The summed E-state index contributed by atoms with van der Waals surface area (Å²) in [7, 11) is 4.36. The van der Waals surface area contributed by atoms with Gasteiger partial charge in [0.15, 0.2) is 5.78 Å². The van der Waals surface area contributed by atoms with Crippen LogP contribution in [0.15, 0.2) is 0 Å². The lowest BCUT2D eigenvalue weighted by atomic mass is 10.0. The summed E-state index contributed by atoms with van der Waals surface area (Å²) in [6.07, 6.45) is 5.86. The zero-order valence-electron chi connectivity index (χ0n) is 11.2. The molecule has 0 radical (unpaired) electrons. The van der Waals surface area contributed by atoms with Crippen molar-refractivity contribution in [2.24, 2.45) is 0 Å². The molecule has 0 aliphatic rings. The maximum Gasteiger partial charge on any atom is 0.186 e. The van der Waals surface area contributed by atoms with Crippen LogP contribution < -0.4 is 0 Å². The molecule has 0 rings (SSSR count). The van der Waals surface area contributed by atoms with Crippen molar-refractivity contribution in [2.45, 2.75) is 58.9 Å². The van der Waals surface area contributed by atoms with Crippen molar-refractivity contribution in [1.29, 1.82) is 0 Å². The summed E-state index contributed by atoms with van der Waals surface area (Å²) in [5.41, 5.74) is 0. The molecule has 2 heteroatoms. The molecule has 1 atom stereocenters. The van der Waals surface area contributed by atoms with Gasteiger partial charge < -0.3 is 4.48 Å². The number of hydrogen-bond acceptors (Lipinski definition) is 1. The molecule has 2 nitrogen and oxygen atoms in total. The van der Waals surface area contributed by atoms with E-state index in [-0.39, 0.29) is 6.04 Å². The van der Waals surface area contributed by atoms with E-state index in [1.54, 1.807) is 6.92 Å². The Hall–Kier alpha value is -0.370. The van der Waals surface area contributed by atoms with E-state index in [4.69, 9.17) is 0 Å². The van der Waals surface area contributed by atoms with E-state index in [0.717, 1.165) is 23.9 Å². The van der Waals surface area contributed by atoms with Crippen LogP contribution in [0.25, 0.3) is 0 Å². The number of carbonyl (C=O) groups is 1. The van der Waals surface area contributed by atoms with Gasteiger partial charge in [-0.2, -0.15) is 0 Å². The molecule has 0 heterocycles. The number of Topliss-reactive ketones (excluding diaryl/α,β-unsaturated/α-hetero) is 1. The van der Waals surface area contributed by atoms with E-state index < -0.39 is 0 Å². The Morgan fingerprint density at radius 3 is 2.13 bits per heavy atom. The van der Waals surface area contributed by atoms with Crippen LogP contribution >= 0.6 is 0 Å². The zero-order valence-corrected chi connectivity index (χ0v) is 11.2. The fourth-order valence-electron chi connectivity index (χ4n) is 2.36. The Labute approximate surface area is 95.2 Å². The second kappa shape index (κ2) is 7.00. The maximum absolute atomic E-state index is 11.6. The molecule has 0 N–H and O–H groups in total. The van der Waals surface area contributed by atoms with Gasteiger partial charge in [-0.3, -0.25) is 4.79 Å². The molecule has 0 saturated carbocycles. The fourth-order valence-corrected chi connectivity index (χ4v) is 2.36. The molecule has 0 aliphatic carbocycles. The summed E-state index contributed by atoms with van der Waals surface area (Å²) in [4.78, 5) is 11.6. The van der Waals surface area contributed by atoms with E-state index in [9.17, 15) is 4.79 Å². The first-order chi connectivity index (χ1) is 6.95. The molecule has 1 unspecified atom stereocenters. The maximum atomic E-state index is 11.6. The van der Waals surface area contributed by atoms with Crippen molar-refractivity contribution in [2.75, 3.05) is 20.6 Å². The van der Waals surface area contributed by atoms with E-state index in [1.807, 2.05) is 0 Å². The quantitative estimate of drug-likeness (QED) is 0.448. The first-order valence-electron chi connectivity index (χ1n) is 6.28. The van der Waals surface area contributed by atoms with Crippen LogP contribution in [0, 0.1) is 0 Å². The Morgan fingerprint density at radius 1 is 1.13 bits per heavy atom. The second-order valence-corrected chi connectivity index (χ2v) is 5.12. The van der Waals surface area contributed by atoms with Crippen molar-refractivity contribution in [3.05, 3.63) is 0 Å². The van der Waals surface area contributed by atoms with E-state index in [0.29, 0.717) is 5.78 Å². The number of carbonyl (C=O) groups excluding carboxylic acids is 1. The predicted octanol–water partition coefficient (Wildman–Crippen LogP) is 3.01. The van der Waals surface area contributed by atoms with E-state index in [1.165, 1.54) is 19.3 Å². The van der Waals surface area contributed by atoms with Crippen LogP contribution in [0.3, 0.4) is 0 Å². The molecule has 0 aromatic rings. The van der Waals surface area contributed by atoms with Crippen molar-refractivity contribution in [3.63, 3.8) is 0 Å². The third-order valence-corrected chi connectivity index (χ3v) is 3.19.